The second kappa shape index (κ2) is 10.1. The Labute approximate surface area is 232 Å². The van der Waals surface area contributed by atoms with Gasteiger partial charge in [0.25, 0.3) is 11.5 Å². The first-order valence-corrected chi connectivity index (χ1v) is 14.2. The van der Waals surface area contributed by atoms with Crippen molar-refractivity contribution in [3.8, 4) is 11.1 Å². The molecule has 3 aromatic heterocycles. The smallest absolute Gasteiger partial charge is 0.331 e. The van der Waals surface area contributed by atoms with Crippen molar-refractivity contribution in [3.05, 3.63) is 79.0 Å². The lowest BCUT2D eigenvalue weighted by Crippen LogP contribution is -2.41. The Kier molecular flexibility index (Phi) is 6.81. The topological polar surface area (TPSA) is 72.2 Å². The maximum absolute atomic E-state index is 13.6. The summed E-state index contributed by atoms with van der Waals surface area (Å²) in [7, 11) is 0. The van der Waals surface area contributed by atoms with E-state index in [1.807, 2.05) is 18.2 Å². The molecule has 7 nitrogen and oxygen atoms in total. The SMILES string of the molecule is CC(F)(F)Cn1ccc(=O)n(Cc2cc3nccc(-c4cc(Cl)cc5c4N(C4CCNC4)CCC5)c3s2)c1=O. The molecule has 0 radical (unpaired) electrons. The van der Waals surface area contributed by atoms with Crippen LogP contribution in [-0.2, 0) is 19.5 Å². The number of aromatic nitrogens is 3. The molecule has 39 heavy (non-hydrogen) atoms. The molecule has 1 N–H and O–H groups in total. The molecule has 2 aliphatic heterocycles. The number of pyridine rings is 1. The molecule has 0 spiro atoms. The highest BCUT2D eigenvalue weighted by molar-refractivity contribution is 7.19. The van der Waals surface area contributed by atoms with Gasteiger partial charge < -0.3 is 10.2 Å². The minimum atomic E-state index is -3.08. The summed E-state index contributed by atoms with van der Waals surface area (Å²) in [6.45, 7) is 2.86. The summed E-state index contributed by atoms with van der Waals surface area (Å²) in [5.74, 6) is -3.08. The van der Waals surface area contributed by atoms with Crippen LogP contribution >= 0.6 is 22.9 Å². The van der Waals surface area contributed by atoms with Crippen LogP contribution in [0.3, 0.4) is 0 Å². The Morgan fingerprint density at radius 2 is 2.05 bits per heavy atom. The summed E-state index contributed by atoms with van der Waals surface area (Å²) in [4.78, 5) is 33.2. The number of aryl methyl sites for hydroxylation is 1. The molecule has 1 fully saturated rings. The molecule has 11 heteroatoms. The lowest BCUT2D eigenvalue weighted by Gasteiger charge is -2.38. The lowest BCUT2D eigenvalue weighted by molar-refractivity contribution is 0.00222. The third-order valence-corrected chi connectivity index (χ3v) is 8.78. The normalized spacial score (nSPS) is 17.6. The molecule has 204 valence electrons. The van der Waals surface area contributed by atoms with Crippen LogP contribution in [0.2, 0.25) is 5.02 Å². The Hall–Kier alpha value is -3.08. The summed E-state index contributed by atoms with van der Waals surface area (Å²) < 4.78 is 30.0. The van der Waals surface area contributed by atoms with E-state index in [2.05, 4.69) is 21.3 Å². The molecule has 0 amide bonds. The zero-order valence-electron chi connectivity index (χ0n) is 21.4. The van der Waals surface area contributed by atoms with E-state index in [1.54, 1.807) is 6.20 Å². The number of nitrogens with one attached hydrogen (secondary N) is 1. The van der Waals surface area contributed by atoms with Crippen molar-refractivity contribution in [2.75, 3.05) is 24.5 Å². The third-order valence-electron chi connectivity index (χ3n) is 7.42. The number of anilines is 1. The maximum Gasteiger partial charge on any atom is 0.331 e. The number of fused-ring (bicyclic) bond motifs is 2. The van der Waals surface area contributed by atoms with E-state index in [4.69, 9.17) is 11.6 Å². The second-order valence-electron chi connectivity index (χ2n) is 10.4. The van der Waals surface area contributed by atoms with Gasteiger partial charge in [-0.3, -0.25) is 18.9 Å². The van der Waals surface area contributed by atoms with Crippen molar-refractivity contribution in [3.63, 3.8) is 0 Å². The summed E-state index contributed by atoms with van der Waals surface area (Å²) >= 11 is 8.07. The number of thiophene rings is 1. The highest BCUT2D eigenvalue weighted by Crippen LogP contribution is 2.44. The Bertz CT molecular complexity index is 1670. The zero-order valence-corrected chi connectivity index (χ0v) is 23.0. The van der Waals surface area contributed by atoms with Crippen molar-refractivity contribution in [1.82, 2.24) is 19.4 Å². The van der Waals surface area contributed by atoms with Crippen molar-refractivity contribution in [2.45, 2.75) is 51.2 Å². The monoisotopic (exact) mass is 571 g/mol. The zero-order chi connectivity index (χ0) is 27.3. The molecule has 5 heterocycles. The first-order chi connectivity index (χ1) is 18.7. The number of hydrogen-bond donors (Lipinski definition) is 1. The van der Waals surface area contributed by atoms with E-state index < -0.39 is 23.7 Å². The highest BCUT2D eigenvalue weighted by atomic mass is 35.5. The van der Waals surface area contributed by atoms with Crippen molar-refractivity contribution < 1.29 is 8.78 Å². The van der Waals surface area contributed by atoms with E-state index in [0.29, 0.717) is 11.1 Å². The molecular formula is C28H28ClF2N5O2S. The van der Waals surface area contributed by atoms with Crippen LogP contribution in [-0.4, -0.2) is 45.7 Å². The molecule has 0 bridgehead atoms. The van der Waals surface area contributed by atoms with Crippen LogP contribution in [0.15, 0.2) is 52.3 Å². The van der Waals surface area contributed by atoms with Gasteiger partial charge >= 0.3 is 5.69 Å². The number of halogens is 3. The largest absolute Gasteiger partial charge is 0.366 e. The quantitative estimate of drug-likeness (QED) is 0.361. The molecule has 4 aromatic rings. The molecule has 1 saturated heterocycles. The molecular weight excluding hydrogens is 544 g/mol. The first kappa shape index (κ1) is 26.2. The molecule has 2 aliphatic rings. The summed E-state index contributed by atoms with van der Waals surface area (Å²) in [6.07, 6.45) is 6.01. The Balaban J connectivity index is 1.43. The predicted molar refractivity (Wildman–Crippen MR) is 152 cm³/mol. The van der Waals surface area contributed by atoms with Crippen LogP contribution in [0.5, 0.6) is 0 Å². The minimum Gasteiger partial charge on any atom is -0.366 e. The van der Waals surface area contributed by atoms with Crippen molar-refractivity contribution in [2.24, 2.45) is 0 Å². The van der Waals surface area contributed by atoms with Gasteiger partial charge in [-0.1, -0.05) is 11.6 Å². The average molecular weight is 572 g/mol. The van der Waals surface area contributed by atoms with Crippen LogP contribution in [0, 0.1) is 0 Å². The van der Waals surface area contributed by atoms with Crippen molar-refractivity contribution in [1.29, 1.82) is 0 Å². The van der Waals surface area contributed by atoms with Gasteiger partial charge in [-0.05, 0) is 55.6 Å². The fraction of sp³-hybridized carbons (Fsp3) is 0.393. The van der Waals surface area contributed by atoms with Crippen molar-refractivity contribution >= 4 is 38.8 Å². The molecule has 1 atom stereocenters. The van der Waals surface area contributed by atoms with Gasteiger partial charge in [0.1, 0.15) is 0 Å². The molecule has 1 aromatic carbocycles. The third kappa shape index (κ3) is 5.13. The van der Waals surface area contributed by atoms with E-state index in [1.165, 1.54) is 22.6 Å². The number of alkyl halides is 2. The fourth-order valence-corrected chi connectivity index (χ4v) is 7.14. The summed E-state index contributed by atoms with van der Waals surface area (Å²) in [5, 5.41) is 4.16. The van der Waals surface area contributed by atoms with Gasteiger partial charge in [-0.15, -0.1) is 11.3 Å². The van der Waals surface area contributed by atoms with Gasteiger partial charge in [-0.2, -0.15) is 0 Å². The summed E-state index contributed by atoms with van der Waals surface area (Å²) in [5.41, 5.74) is 3.94. The molecule has 0 saturated carbocycles. The van der Waals surface area contributed by atoms with Gasteiger partial charge in [0, 0.05) is 71.2 Å². The number of rotatable bonds is 6. The molecule has 1 unspecified atom stereocenters. The fourth-order valence-electron chi connectivity index (χ4n) is 5.77. The summed E-state index contributed by atoms with van der Waals surface area (Å²) in [6, 6.07) is 9.49. The van der Waals surface area contributed by atoms with E-state index in [9.17, 15) is 18.4 Å². The van der Waals surface area contributed by atoms with Crippen LogP contribution in [0.4, 0.5) is 14.5 Å². The number of benzene rings is 1. The maximum atomic E-state index is 13.6. The second-order valence-corrected chi connectivity index (χ2v) is 12.0. The Morgan fingerprint density at radius 1 is 1.21 bits per heavy atom. The van der Waals surface area contributed by atoms with Gasteiger partial charge in [-0.25, -0.2) is 13.6 Å². The predicted octanol–water partition coefficient (Wildman–Crippen LogP) is 4.76. The first-order valence-electron chi connectivity index (χ1n) is 13.0. The lowest BCUT2D eigenvalue weighted by atomic mass is 9.92. The van der Waals surface area contributed by atoms with Gasteiger partial charge in [0.05, 0.1) is 23.3 Å². The van der Waals surface area contributed by atoms with Crippen LogP contribution in [0.1, 0.15) is 30.2 Å². The Morgan fingerprint density at radius 3 is 2.82 bits per heavy atom. The minimum absolute atomic E-state index is 0.0260. The van der Waals surface area contributed by atoms with E-state index in [-0.39, 0.29) is 6.54 Å². The average Bonchev–Trinajstić information content (AvgIpc) is 3.56. The standard InChI is InChI=1S/C28H28ClF2N5O2S/c1-28(30,31)16-34-10-6-24(37)36(27(34)38)15-20-13-23-26(39-20)21(5-8-33-23)22-12-18(29)11-17-3-2-9-35(25(17)22)19-4-7-32-14-19/h5-6,8,10-13,19,32H,2-4,7,9,14-16H2,1H3. The highest BCUT2D eigenvalue weighted by Gasteiger charge is 2.30. The van der Waals surface area contributed by atoms with E-state index in [0.717, 1.165) is 93.4 Å². The number of nitrogens with zero attached hydrogens (tertiary/aromatic N) is 4. The molecule has 0 aliphatic carbocycles. The van der Waals surface area contributed by atoms with Crippen LogP contribution < -0.4 is 21.5 Å². The van der Waals surface area contributed by atoms with Gasteiger partial charge in [0.2, 0.25) is 0 Å². The van der Waals surface area contributed by atoms with Gasteiger partial charge in [0.15, 0.2) is 0 Å². The van der Waals surface area contributed by atoms with Crippen LogP contribution in [0.25, 0.3) is 21.3 Å². The number of hydrogen-bond acceptors (Lipinski definition) is 6. The van der Waals surface area contributed by atoms with E-state index >= 15 is 0 Å². The molecule has 6 rings (SSSR count).